The van der Waals surface area contributed by atoms with Gasteiger partial charge in [0.15, 0.2) is 6.61 Å². The Morgan fingerprint density at radius 2 is 1.71 bits per heavy atom. The van der Waals surface area contributed by atoms with Gasteiger partial charge in [-0.05, 0) is 54.4 Å². The maximum atomic E-state index is 12.1. The van der Waals surface area contributed by atoms with E-state index in [4.69, 9.17) is 9.47 Å². The quantitative estimate of drug-likeness (QED) is 0.271. The van der Waals surface area contributed by atoms with Crippen LogP contribution in [0.3, 0.4) is 0 Å². The van der Waals surface area contributed by atoms with Gasteiger partial charge in [-0.3, -0.25) is 14.4 Å². The van der Waals surface area contributed by atoms with Gasteiger partial charge in [-0.1, -0.05) is 36.4 Å². The van der Waals surface area contributed by atoms with Crippen molar-refractivity contribution < 1.29 is 23.9 Å². The number of aryl methyl sites for hydroxylation is 1. The minimum Gasteiger partial charge on any atom is -0.495 e. The number of anilines is 2. The summed E-state index contributed by atoms with van der Waals surface area (Å²) in [4.78, 5) is 36.2. The topological polar surface area (TPSA) is 118 Å². The average molecular weight is 460 g/mol. The highest BCUT2D eigenvalue weighted by Gasteiger charge is 2.14. The fourth-order valence-electron chi connectivity index (χ4n) is 2.90. The number of methoxy groups -OCH3 is 1. The van der Waals surface area contributed by atoms with Crippen LogP contribution in [0.25, 0.3) is 0 Å². The average Bonchev–Trinajstić information content (AvgIpc) is 2.83. The van der Waals surface area contributed by atoms with Crippen LogP contribution in [-0.2, 0) is 14.4 Å². The monoisotopic (exact) mass is 460 g/mol. The minimum absolute atomic E-state index is 0.172. The van der Waals surface area contributed by atoms with E-state index in [2.05, 4.69) is 21.2 Å². The van der Waals surface area contributed by atoms with E-state index in [-0.39, 0.29) is 12.5 Å². The Morgan fingerprint density at radius 1 is 0.912 bits per heavy atom. The summed E-state index contributed by atoms with van der Waals surface area (Å²) < 4.78 is 10.7. The zero-order valence-electron chi connectivity index (χ0n) is 18.7. The molecule has 0 spiro atoms. The first kappa shape index (κ1) is 24.0. The van der Waals surface area contributed by atoms with Gasteiger partial charge in [0, 0.05) is 5.69 Å². The zero-order valence-corrected chi connectivity index (χ0v) is 18.7. The van der Waals surface area contributed by atoms with E-state index in [0.717, 1.165) is 5.56 Å². The first-order chi connectivity index (χ1) is 16.4. The van der Waals surface area contributed by atoms with E-state index >= 15 is 0 Å². The van der Waals surface area contributed by atoms with Crippen LogP contribution in [0.2, 0.25) is 0 Å². The standard InChI is InChI=1S/C25H24N4O5/c1-17-7-5-9-19(13-17)27-23(30)16-34-20-10-6-8-18(14-20)15-26-29-25(32)24(31)28-21-11-3-4-12-22(21)33-2/h3-15H,16H2,1-2H3,(H,27,30)(H,28,31)(H,29,32)/b26-15-. The number of rotatable bonds is 8. The molecule has 0 unspecified atom stereocenters. The molecule has 0 bridgehead atoms. The molecule has 0 aliphatic carbocycles. The third kappa shape index (κ3) is 7.20. The van der Waals surface area contributed by atoms with Gasteiger partial charge < -0.3 is 20.1 Å². The number of carbonyl (C=O) groups excluding carboxylic acids is 3. The fraction of sp³-hybridized carbons (Fsp3) is 0.120. The molecule has 174 valence electrons. The second-order valence-electron chi connectivity index (χ2n) is 7.13. The Labute approximate surface area is 196 Å². The summed E-state index contributed by atoms with van der Waals surface area (Å²) in [6.07, 6.45) is 1.36. The molecule has 3 aromatic rings. The molecule has 34 heavy (non-hydrogen) atoms. The van der Waals surface area contributed by atoms with Crippen molar-refractivity contribution in [3.63, 3.8) is 0 Å². The van der Waals surface area contributed by atoms with Crippen LogP contribution in [0, 0.1) is 6.92 Å². The maximum absolute atomic E-state index is 12.1. The van der Waals surface area contributed by atoms with Crippen LogP contribution in [0.1, 0.15) is 11.1 Å². The summed E-state index contributed by atoms with van der Waals surface area (Å²) in [5, 5.41) is 9.02. The van der Waals surface area contributed by atoms with E-state index < -0.39 is 11.8 Å². The fourth-order valence-corrected chi connectivity index (χ4v) is 2.90. The second kappa shape index (κ2) is 11.8. The number of para-hydroxylation sites is 2. The van der Waals surface area contributed by atoms with Gasteiger partial charge in [-0.15, -0.1) is 0 Å². The third-order valence-corrected chi connectivity index (χ3v) is 4.47. The molecule has 3 amide bonds. The van der Waals surface area contributed by atoms with Crippen molar-refractivity contribution in [3.8, 4) is 11.5 Å². The Balaban J connectivity index is 1.49. The highest BCUT2D eigenvalue weighted by atomic mass is 16.5. The van der Waals surface area contributed by atoms with Crippen LogP contribution in [0.5, 0.6) is 11.5 Å². The number of carbonyl (C=O) groups is 3. The number of amides is 3. The Bertz CT molecular complexity index is 1210. The highest BCUT2D eigenvalue weighted by Crippen LogP contribution is 2.22. The lowest BCUT2D eigenvalue weighted by Crippen LogP contribution is -2.32. The summed E-state index contributed by atoms with van der Waals surface area (Å²) in [5.74, 6) is -1.25. The van der Waals surface area contributed by atoms with Crippen molar-refractivity contribution >= 4 is 35.3 Å². The lowest BCUT2D eigenvalue weighted by molar-refractivity contribution is -0.136. The summed E-state index contributed by atoms with van der Waals surface area (Å²) in [6.45, 7) is 1.77. The minimum atomic E-state index is -0.942. The molecule has 3 rings (SSSR count). The van der Waals surface area contributed by atoms with Crippen molar-refractivity contribution in [3.05, 3.63) is 83.9 Å². The van der Waals surface area contributed by atoms with Gasteiger partial charge in [0.25, 0.3) is 5.91 Å². The molecule has 0 aliphatic rings. The normalized spacial score (nSPS) is 10.4. The molecule has 9 heteroatoms. The predicted octanol–water partition coefficient (Wildman–Crippen LogP) is 3.11. The first-order valence-corrected chi connectivity index (χ1v) is 10.3. The van der Waals surface area contributed by atoms with Gasteiger partial charge in [0.2, 0.25) is 0 Å². The lowest BCUT2D eigenvalue weighted by Gasteiger charge is -2.09. The summed E-state index contributed by atoms with van der Waals surface area (Å²) >= 11 is 0. The van der Waals surface area contributed by atoms with E-state index in [0.29, 0.717) is 28.4 Å². The number of hydrazone groups is 1. The maximum Gasteiger partial charge on any atom is 0.329 e. The number of nitrogens with one attached hydrogen (secondary N) is 3. The van der Waals surface area contributed by atoms with Gasteiger partial charge in [-0.25, -0.2) is 5.43 Å². The van der Waals surface area contributed by atoms with Gasteiger partial charge in [-0.2, -0.15) is 5.10 Å². The number of nitrogens with zero attached hydrogens (tertiary/aromatic N) is 1. The lowest BCUT2D eigenvalue weighted by atomic mass is 10.2. The predicted molar refractivity (Wildman–Crippen MR) is 129 cm³/mol. The molecule has 0 saturated carbocycles. The number of ether oxygens (including phenoxy) is 2. The van der Waals surface area contributed by atoms with Gasteiger partial charge in [0.1, 0.15) is 11.5 Å². The Morgan fingerprint density at radius 3 is 2.50 bits per heavy atom. The van der Waals surface area contributed by atoms with Crippen LogP contribution in [0.15, 0.2) is 77.9 Å². The molecule has 0 aromatic heterocycles. The van der Waals surface area contributed by atoms with Crippen LogP contribution in [0.4, 0.5) is 11.4 Å². The molecule has 0 heterocycles. The van der Waals surface area contributed by atoms with Gasteiger partial charge >= 0.3 is 11.8 Å². The summed E-state index contributed by atoms with van der Waals surface area (Å²) in [5.41, 5.74) is 4.86. The van der Waals surface area contributed by atoms with Crippen LogP contribution in [-0.4, -0.2) is 37.7 Å². The SMILES string of the molecule is COc1ccccc1NC(=O)C(=O)N/N=C\c1cccc(OCC(=O)Nc2cccc(C)c2)c1. The number of benzene rings is 3. The Hall–Kier alpha value is -4.66. The van der Waals surface area contributed by atoms with Gasteiger partial charge in [0.05, 0.1) is 19.0 Å². The number of hydrogen-bond donors (Lipinski definition) is 3. The molecule has 3 N–H and O–H groups in total. The van der Waals surface area contributed by atoms with Crippen LogP contribution < -0.4 is 25.5 Å². The van der Waals surface area contributed by atoms with E-state index in [1.807, 2.05) is 25.1 Å². The molecule has 3 aromatic carbocycles. The summed E-state index contributed by atoms with van der Waals surface area (Å²) in [6, 6.07) is 20.9. The van der Waals surface area contributed by atoms with Crippen molar-refractivity contribution in [2.75, 3.05) is 24.4 Å². The second-order valence-corrected chi connectivity index (χ2v) is 7.13. The van der Waals surface area contributed by atoms with E-state index in [1.54, 1.807) is 54.6 Å². The largest absolute Gasteiger partial charge is 0.495 e. The van der Waals surface area contributed by atoms with Crippen LogP contribution >= 0.6 is 0 Å². The van der Waals surface area contributed by atoms with Crippen molar-refractivity contribution in [1.82, 2.24) is 5.43 Å². The Kier molecular flexibility index (Phi) is 8.34. The molecular weight excluding hydrogens is 436 g/mol. The van der Waals surface area contributed by atoms with Crippen molar-refractivity contribution in [1.29, 1.82) is 0 Å². The van der Waals surface area contributed by atoms with E-state index in [1.165, 1.54) is 13.3 Å². The highest BCUT2D eigenvalue weighted by molar-refractivity contribution is 6.39. The molecule has 9 nitrogen and oxygen atoms in total. The summed E-state index contributed by atoms with van der Waals surface area (Å²) in [7, 11) is 1.46. The van der Waals surface area contributed by atoms with Crippen molar-refractivity contribution in [2.24, 2.45) is 5.10 Å². The molecule has 0 aliphatic heterocycles. The zero-order chi connectivity index (χ0) is 24.3. The smallest absolute Gasteiger partial charge is 0.329 e. The molecular formula is C25H24N4O5. The number of hydrogen-bond acceptors (Lipinski definition) is 6. The molecule has 0 radical (unpaired) electrons. The van der Waals surface area contributed by atoms with Crippen molar-refractivity contribution in [2.45, 2.75) is 6.92 Å². The molecule has 0 fully saturated rings. The third-order valence-electron chi connectivity index (χ3n) is 4.47. The molecule has 0 atom stereocenters. The van der Waals surface area contributed by atoms with E-state index in [9.17, 15) is 14.4 Å². The molecule has 0 saturated heterocycles. The first-order valence-electron chi connectivity index (χ1n) is 10.3.